The van der Waals surface area contributed by atoms with Crippen molar-refractivity contribution < 1.29 is 18.1 Å². The van der Waals surface area contributed by atoms with Gasteiger partial charge in [0.25, 0.3) is 5.69 Å². The van der Waals surface area contributed by atoms with Crippen LogP contribution in [0.1, 0.15) is 18.9 Å². The highest BCUT2D eigenvalue weighted by atomic mass is 32.2. The molecular weight excluding hydrogens is 346 g/mol. The van der Waals surface area contributed by atoms with Crippen LogP contribution in [0.15, 0.2) is 23.1 Å². The van der Waals surface area contributed by atoms with Gasteiger partial charge in [0.15, 0.2) is 0 Å². The van der Waals surface area contributed by atoms with Gasteiger partial charge in [-0.1, -0.05) is 13.0 Å². The quantitative estimate of drug-likeness (QED) is 0.591. The molecule has 1 aliphatic heterocycles. The molecule has 1 aliphatic carbocycles. The maximum atomic E-state index is 12.9. The average molecular weight is 367 g/mol. The summed E-state index contributed by atoms with van der Waals surface area (Å²) in [5.74, 6) is 0.611. The van der Waals surface area contributed by atoms with Gasteiger partial charge >= 0.3 is 0 Å². The number of rotatable bonds is 4. The number of benzene rings is 1. The molecule has 1 amide bonds. The molecule has 9 heteroatoms. The van der Waals surface area contributed by atoms with E-state index >= 15 is 0 Å². The zero-order valence-electron chi connectivity index (χ0n) is 14.2. The number of sulfonamides is 1. The first-order valence-corrected chi connectivity index (χ1v) is 9.70. The molecule has 0 aromatic heterocycles. The summed E-state index contributed by atoms with van der Waals surface area (Å²) >= 11 is 0. The standard InChI is InChI=1S/C16H21N3O5S/c1-11-3-4-13(19(21)22)10-15(11)25(23,24)18-7-5-17(6-8-18)16(20)14-9-12(14)2/h3-4,10,12,14H,5-9H2,1-2H3/t12-,14-/m0/s1. The molecule has 8 nitrogen and oxygen atoms in total. The summed E-state index contributed by atoms with van der Waals surface area (Å²) in [6, 6.07) is 3.84. The smallest absolute Gasteiger partial charge is 0.270 e. The molecular formula is C16H21N3O5S. The fourth-order valence-electron chi connectivity index (χ4n) is 3.17. The lowest BCUT2D eigenvalue weighted by molar-refractivity contribution is -0.385. The Labute approximate surface area is 146 Å². The normalized spacial score (nSPS) is 24.2. The van der Waals surface area contributed by atoms with E-state index in [1.165, 1.54) is 16.4 Å². The molecule has 25 heavy (non-hydrogen) atoms. The van der Waals surface area contributed by atoms with Crippen LogP contribution in [0.25, 0.3) is 0 Å². The van der Waals surface area contributed by atoms with E-state index in [0.29, 0.717) is 24.6 Å². The SMILES string of the molecule is Cc1ccc([N+](=O)[O-])cc1S(=O)(=O)N1CCN(C(=O)[C@H]2C[C@@H]2C)CC1. The van der Waals surface area contributed by atoms with Crippen molar-refractivity contribution >= 4 is 21.6 Å². The molecule has 1 aromatic carbocycles. The Hall–Kier alpha value is -2.00. The van der Waals surface area contributed by atoms with Crippen molar-refractivity contribution in [2.24, 2.45) is 11.8 Å². The van der Waals surface area contributed by atoms with Crippen LogP contribution in [0.2, 0.25) is 0 Å². The van der Waals surface area contributed by atoms with Gasteiger partial charge in [-0.2, -0.15) is 4.31 Å². The Morgan fingerprint density at radius 1 is 1.24 bits per heavy atom. The number of nitro groups is 1. The van der Waals surface area contributed by atoms with Gasteiger partial charge in [-0.05, 0) is 24.8 Å². The molecule has 2 aliphatic rings. The summed E-state index contributed by atoms with van der Waals surface area (Å²) in [5, 5.41) is 10.9. The van der Waals surface area contributed by atoms with Crippen molar-refractivity contribution in [2.75, 3.05) is 26.2 Å². The second-order valence-corrected chi connectivity index (χ2v) is 8.66. The minimum Gasteiger partial charge on any atom is -0.340 e. The Balaban J connectivity index is 1.75. The first-order chi connectivity index (χ1) is 11.7. The molecule has 1 aromatic rings. The number of nitro benzene ring substituents is 1. The monoisotopic (exact) mass is 367 g/mol. The van der Waals surface area contributed by atoms with E-state index in [1.807, 2.05) is 6.92 Å². The minimum atomic E-state index is -3.82. The topological polar surface area (TPSA) is 101 Å². The number of non-ortho nitro benzene ring substituents is 1. The molecule has 0 bridgehead atoms. The predicted octanol–water partition coefficient (Wildman–Crippen LogP) is 1.39. The Morgan fingerprint density at radius 2 is 1.84 bits per heavy atom. The van der Waals surface area contributed by atoms with E-state index < -0.39 is 14.9 Å². The van der Waals surface area contributed by atoms with Crippen molar-refractivity contribution in [1.29, 1.82) is 0 Å². The molecule has 136 valence electrons. The lowest BCUT2D eigenvalue weighted by Crippen LogP contribution is -2.51. The second kappa shape index (κ2) is 6.38. The third-order valence-electron chi connectivity index (χ3n) is 4.98. The van der Waals surface area contributed by atoms with Crippen molar-refractivity contribution in [3.05, 3.63) is 33.9 Å². The number of carbonyl (C=O) groups is 1. The van der Waals surface area contributed by atoms with Crippen molar-refractivity contribution in [3.63, 3.8) is 0 Å². The summed E-state index contributed by atoms with van der Waals surface area (Å²) in [6.45, 7) is 4.78. The molecule has 2 fully saturated rings. The molecule has 1 saturated heterocycles. The van der Waals surface area contributed by atoms with E-state index in [9.17, 15) is 23.3 Å². The van der Waals surface area contributed by atoms with Gasteiger partial charge in [0, 0.05) is 44.2 Å². The van der Waals surface area contributed by atoms with Crippen LogP contribution in [-0.2, 0) is 14.8 Å². The van der Waals surface area contributed by atoms with E-state index in [4.69, 9.17) is 0 Å². The molecule has 2 atom stereocenters. The van der Waals surface area contributed by atoms with E-state index in [2.05, 4.69) is 0 Å². The van der Waals surface area contributed by atoms with Gasteiger partial charge in [0.2, 0.25) is 15.9 Å². The fourth-order valence-corrected chi connectivity index (χ4v) is 4.84. The molecule has 0 unspecified atom stereocenters. The zero-order valence-corrected chi connectivity index (χ0v) is 15.0. The van der Waals surface area contributed by atoms with Gasteiger partial charge in [-0.25, -0.2) is 8.42 Å². The van der Waals surface area contributed by atoms with Crippen LogP contribution < -0.4 is 0 Å². The molecule has 0 radical (unpaired) electrons. The van der Waals surface area contributed by atoms with Crippen molar-refractivity contribution in [3.8, 4) is 0 Å². The lowest BCUT2D eigenvalue weighted by Gasteiger charge is -2.34. The van der Waals surface area contributed by atoms with Crippen LogP contribution >= 0.6 is 0 Å². The lowest BCUT2D eigenvalue weighted by atomic mass is 10.2. The van der Waals surface area contributed by atoms with Crippen LogP contribution in [0.5, 0.6) is 0 Å². The number of aryl methyl sites for hydroxylation is 1. The molecule has 0 N–H and O–H groups in total. The maximum Gasteiger partial charge on any atom is 0.270 e. The third kappa shape index (κ3) is 3.38. The van der Waals surface area contributed by atoms with Crippen LogP contribution in [0.3, 0.4) is 0 Å². The second-order valence-electron chi connectivity index (χ2n) is 6.76. The Morgan fingerprint density at radius 3 is 2.36 bits per heavy atom. The third-order valence-corrected chi connectivity index (χ3v) is 7.02. The highest BCUT2D eigenvalue weighted by molar-refractivity contribution is 7.89. The van der Waals surface area contributed by atoms with E-state index in [-0.39, 0.29) is 35.5 Å². The molecule has 0 spiro atoms. The predicted molar refractivity (Wildman–Crippen MR) is 90.4 cm³/mol. The highest BCUT2D eigenvalue weighted by Gasteiger charge is 2.42. The average Bonchev–Trinajstić information content (AvgIpc) is 3.31. The number of amides is 1. The van der Waals surface area contributed by atoms with Gasteiger partial charge < -0.3 is 4.90 Å². The summed E-state index contributed by atoms with van der Waals surface area (Å²) in [4.78, 5) is 24.3. The molecule has 1 saturated carbocycles. The number of piperazine rings is 1. The first kappa shape index (κ1) is 17.8. The van der Waals surface area contributed by atoms with E-state index in [1.54, 1.807) is 11.8 Å². The summed E-state index contributed by atoms with van der Waals surface area (Å²) in [6.07, 6.45) is 0.907. The van der Waals surface area contributed by atoms with Crippen LogP contribution in [0.4, 0.5) is 5.69 Å². The van der Waals surface area contributed by atoms with Crippen molar-refractivity contribution in [2.45, 2.75) is 25.2 Å². The number of nitrogens with zero attached hydrogens (tertiary/aromatic N) is 3. The van der Waals surface area contributed by atoms with Gasteiger partial charge in [-0.15, -0.1) is 0 Å². The minimum absolute atomic E-state index is 0.0442. The zero-order chi connectivity index (χ0) is 18.4. The highest BCUT2D eigenvalue weighted by Crippen LogP contribution is 2.39. The number of hydrogen-bond donors (Lipinski definition) is 0. The Bertz CT molecular complexity index is 815. The van der Waals surface area contributed by atoms with Crippen LogP contribution in [0, 0.1) is 28.9 Å². The molecule has 1 heterocycles. The van der Waals surface area contributed by atoms with Gasteiger partial charge in [0.1, 0.15) is 0 Å². The van der Waals surface area contributed by atoms with Gasteiger partial charge in [-0.3, -0.25) is 14.9 Å². The van der Waals surface area contributed by atoms with E-state index in [0.717, 1.165) is 12.5 Å². The van der Waals surface area contributed by atoms with Crippen LogP contribution in [-0.4, -0.2) is 54.6 Å². The molecule has 3 rings (SSSR count). The summed E-state index contributed by atoms with van der Waals surface area (Å²) < 4.78 is 27.0. The maximum absolute atomic E-state index is 12.9. The summed E-state index contributed by atoms with van der Waals surface area (Å²) in [5.41, 5.74) is 0.219. The number of hydrogen-bond acceptors (Lipinski definition) is 5. The fraction of sp³-hybridized carbons (Fsp3) is 0.562. The Kier molecular flexibility index (Phi) is 4.54. The number of carbonyl (C=O) groups excluding carboxylic acids is 1. The first-order valence-electron chi connectivity index (χ1n) is 8.26. The van der Waals surface area contributed by atoms with Gasteiger partial charge in [0.05, 0.1) is 9.82 Å². The largest absolute Gasteiger partial charge is 0.340 e. The van der Waals surface area contributed by atoms with Crippen molar-refractivity contribution in [1.82, 2.24) is 9.21 Å². The summed E-state index contributed by atoms with van der Waals surface area (Å²) in [7, 11) is -3.82.